The van der Waals surface area contributed by atoms with Gasteiger partial charge in [-0.15, -0.1) is 0 Å². The van der Waals surface area contributed by atoms with Gasteiger partial charge in [0.2, 0.25) is 5.91 Å². The summed E-state index contributed by atoms with van der Waals surface area (Å²) in [5, 5.41) is 14.1. The maximum Gasteiger partial charge on any atom is 0.322 e. The molecular formula is C14H17N3O4. The second-order valence-electron chi connectivity index (χ2n) is 4.81. The molecule has 1 aliphatic heterocycles. The van der Waals surface area contributed by atoms with Crippen molar-refractivity contribution in [2.24, 2.45) is 5.92 Å². The number of benzene rings is 1. The summed E-state index contributed by atoms with van der Waals surface area (Å²) in [6.45, 7) is -0.0579. The first-order chi connectivity index (χ1) is 10.0. The molecule has 3 N–H and O–H groups in total. The average molecular weight is 291 g/mol. The van der Waals surface area contributed by atoms with Gasteiger partial charge in [0, 0.05) is 19.3 Å². The van der Waals surface area contributed by atoms with Crippen LogP contribution < -0.4 is 15.5 Å². The number of carbonyl (C=O) groups is 3. The van der Waals surface area contributed by atoms with E-state index in [1.807, 2.05) is 12.1 Å². The van der Waals surface area contributed by atoms with Crippen LogP contribution in [0.5, 0.6) is 0 Å². The van der Waals surface area contributed by atoms with Crippen LogP contribution >= 0.6 is 0 Å². The van der Waals surface area contributed by atoms with Crippen LogP contribution in [0.3, 0.4) is 0 Å². The van der Waals surface area contributed by atoms with Crippen molar-refractivity contribution in [3.05, 3.63) is 29.8 Å². The number of anilines is 1. The summed E-state index contributed by atoms with van der Waals surface area (Å²) in [5.41, 5.74) is 1.50. The third-order valence-electron chi connectivity index (χ3n) is 3.43. The van der Waals surface area contributed by atoms with Crippen LogP contribution in [0.15, 0.2) is 24.3 Å². The van der Waals surface area contributed by atoms with Gasteiger partial charge in [-0.2, -0.15) is 0 Å². The number of amides is 3. The number of hydrogen-bond acceptors (Lipinski definition) is 3. The fourth-order valence-electron chi connectivity index (χ4n) is 2.29. The predicted octanol–water partition coefficient (Wildman–Crippen LogP) is 0.206. The molecule has 1 aromatic rings. The fraction of sp³-hybridized carbons (Fsp3) is 0.357. The largest absolute Gasteiger partial charge is 0.481 e. The van der Waals surface area contributed by atoms with Crippen LogP contribution in [0.2, 0.25) is 0 Å². The van der Waals surface area contributed by atoms with Gasteiger partial charge in [0.1, 0.15) is 0 Å². The molecule has 21 heavy (non-hydrogen) atoms. The molecule has 2 rings (SSSR count). The summed E-state index contributed by atoms with van der Waals surface area (Å²) in [4.78, 5) is 36.0. The molecule has 1 atom stereocenters. The number of hydrogen-bond donors (Lipinski definition) is 3. The molecule has 0 aromatic heterocycles. The number of aliphatic carboxylic acids is 1. The number of fused-ring (bicyclic) bond motifs is 1. The van der Waals surface area contributed by atoms with Crippen molar-refractivity contribution < 1.29 is 19.5 Å². The minimum Gasteiger partial charge on any atom is -0.481 e. The summed E-state index contributed by atoms with van der Waals surface area (Å²) in [5.74, 6) is -1.90. The molecule has 112 valence electrons. The van der Waals surface area contributed by atoms with E-state index in [2.05, 4.69) is 10.6 Å². The lowest BCUT2D eigenvalue weighted by molar-refractivity contribution is -0.141. The van der Waals surface area contributed by atoms with Gasteiger partial charge in [-0.25, -0.2) is 4.79 Å². The third kappa shape index (κ3) is 3.31. The van der Waals surface area contributed by atoms with E-state index in [9.17, 15) is 19.5 Å². The SMILES string of the molecule is CNC(=O)CNC(=O)N1CC(C(=O)O)Cc2ccccc21. The van der Waals surface area contributed by atoms with Gasteiger partial charge >= 0.3 is 12.0 Å². The van der Waals surface area contributed by atoms with Gasteiger partial charge in [-0.1, -0.05) is 18.2 Å². The molecule has 0 saturated carbocycles. The Labute approximate surface area is 121 Å². The zero-order valence-corrected chi connectivity index (χ0v) is 11.6. The number of nitrogens with one attached hydrogen (secondary N) is 2. The Kier molecular flexibility index (Phi) is 4.42. The first kappa shape index (κ1) is 14.8. The highest BCUT2D eigenvalue weighted by molar-refractivity contribution is 5.96. The fourth-order valence-corrected chi connectivity index (χ4v) is 2.29. The first-order valence-corrected chi connectivity index (χ1v) is 6.59. The molecule has 1 aromatic carbocycles. The first-order valence-electron chi connectivity index (χ1n) is 6.59. The van der Waals surface area contributed by atoms with Gasteiger partial charge in [0.05, 0.1) is 12.5 Å². The van der Waals surface area contributed by atoms with Crippen LogP contribution in [0, 0.1) is 5.92 Å². The topological polar surface area (TPSA) is 98.7 Å². The van der Waals surface area contributed by atoms with Crippen LogP contribution in [0.1, 0.15) is 5.56 Å². The highest BCUT2D eigenvalue weighted by Gasteiger charge is 2.32. The van der Waals surface area contributed by atoms with E-state index in [1.165, 1.54) is 11.9 Å². The van der Waals surface area contributed by atoms with E-state index in [-0.39, 0.29) is 19.0 Å². The second kappa shape index (κ2) is 6.25. The number of carboxylic acid groups (broad SMARTS) is 1. The Balaban J connectivity index is 2.19. The average Bonchev–Trinajstić information content (AvgIpc) is 2.50. The lowest BCUT2D eigenvalue weighted by Crippen LogP contribution is -2.49. The van der Waals surface area contributed by atoms with E-state index in [0.29, 0.717) is 12.1 Å². The van der Waals surface area contributed by atoms with Crippen LogP contribution in [0.25, 0.3) is 0 Å². The standard InChI is InChI=1S/C14H17N3O4/c1-15-12(18)7-16-14(21)17-8-10(13(19)20)6-9-4-2-3-5-11(9)17/h2-5,10H,6-8H2,1H3,(H,15,18)(H,16,21)(H,19,20). The normalized spacial score (nSPS) is 16.8. The summed E-state index contributed by atoms with van der Waals surface area (Å²) in [6.07, 6.45) is 0.394. The number of carbonyl (C=O) groups excluding carboxylic acids is 2. The quantitative estimate of drug-likeness (QED) is 0.741. The van der Waals surface area contributed by atoms with E-state index in [1.54, 1.807) is 12.1 Å². The van der Waals surface area contributed by atoms with Gasteiger partial charge in [-0.05, 0) is 18.1 Å². The minimum absolute atomic E-state index is 0.0892. The molecule has 0 radical (unpaired) electrons. The van der Waals surface area contributed by atoms with Gasteiger partial charge in [-0.3, -0.25) is 14.5 Å². The zero-order chi connectivity index (χ0) is 15.4. The summed E-state index contributed by atoms with van der Waals surface area (Å²) >= 11 is 0. The summed E-state index contributed by atoms with van der Waals surface area (Å²) < 4.78 is 0. The maximum atomic E-state index is 12.2. The number of rotatable bonds is 3. The molecule has 0 saturated heterocycles. The van der Waals surface area contributed by atoms with Crippen molar-refractivity contribution in [3.8, 4) is 0 Å². The number of nitrogens with zero attached hydrogens (tertiary/aromatic N) is 1. The lowest BCUT2D eigenvalue weighted by Gasteiger charge is -2.32. The van der Waals surface area contributed by atoms with E-state index in [4.69, 9.17) is 0 Å². The summed E-state index contributed by atoms with van der Waals surface area (Å²) in [6, 6.07) is 6.70. The van der Waals surface area contributed by atoms with Crippen LogP contribution in [0.4, 0.5) is 10.5 Å². The Morgan fingerprint density at radius 3 is 2.71 bits per heavy atom. The molecule has 0 bridgehead atoms. The minimum atomic E-state index is -0.936. The Bertz CT molecular complexity index is 573. The number of carboxylic acids is 1. The molecule has 3 amide bonds. The zero-order valence-electron chi connectivity index (χ0n) is 11.6. The Morgan fingerprint density at radius 2 is 2.05 bits per heavy atom. The van der Waals surface area contributed by atoms with E-state index in [0.717, 1.165) is 5.56 Å². The molecule has 7 heteroatoms. The maximum absolute atomic E-state index is 12.2. The van der Waals surface area contributed by atoms with E-state index < -0.39 is 17.9 Å². The number of para-hydroxylation sites is 1. The van der Waals surface area contributed by atoms with Crippen LogP contribution in [-0.4, -0.2) is 43.2 Å². The van der Waals surface area contributed by atoms with Crippen LogP contribution in [-0.2, 0) is 16.0 Å². The third-order valence-corrected chi connectivity index (χ3v) is 3.43. The highest BCUT2D eigenvalue weighted by atomic mass is 16.4. The molecule has 1 heterocycles. The summed E-state index contributed by atoms with van der Waals surface area (Å²) in [7, 11) is 1.48. The van der Waals surface area contributed by atoms with E-state index >= 15 is 0 Å². The monoisotopic (exact) mass is 291 g/mol. The molecule has 0 fully saturated rings. The molecule has 0 aliphatic carbocycles. The Morgan fingerprint density at radius 1 is 1.33 bits per heavy atom. The smallest absolute Gasteiger partial charge is 0.322 e. The molecule has 7 nitrogen and oxygen atoms in total. The predicted molar refractivity (Wildman–Crippen MR) is 76.1 cm³/mol. The highest BCUT2D eigenvalue weighted by Crippen LogP contribution is 2.29. The van der Waals surface area contributed by atoms with Crippen molar-refractivity contribution in [1.29, 1.82) is 0 Å². The van der Waals surface area contributed by atoms with Gasteiger partial charge < -0.3 is 15.7 Å². The lowest BCUT2D eigenvalue weighted by atomic mass is 9.93. The number of urea groups is 1. The second-order valence-corrected chi connectivity index (χ2v) is 4.81. The molecule has 1 unspecified atom stereocenters. The number of likely N-dealkylation sites (N-methyl/N-ethyl adjacent to an activating group) is 1. The Hall–Kier alpha value is -2.57. The molecule has 0 spiro atoms. The van der Waals surface area contributed by atoms with Crippen molar-refractivity contribution in [3.63, 3.8) is 0 Å². The molecular weight excluding hydrogens is 274 g/mol. The van der Waals surface area contributed by atoms with Crippen molar-refractivity contribution in [1.82, 2.24) is 10.6 Å². The van der Waals surface area contributed by atoms with Crippen molar-refractivity contribution >= 4 is 23.6 Å². The van der Waals surface area contributed by atoms with Crippen molar-refractivity contribution in [2.45, 2.75) is 6.42 Å². The van der Waals surface area contributed by atoms with Crippen molar-refractivity contribution in [2.75, 3.05) is 25.0 Å². The van der Waals surface area contributed by atoms with Gasteiger partial charge in [0.15, 0.2) is 0 Å². The van der Waals surface area contributed by atoms with Gasteiger partial charge in [0.25, 0.3) is 0 Å². The molecule has 1 aliphatic rings.